The summed E-state index contributed by atoms with van der Waals surface area (Å²) in [4.78, 5) is 21.1. The van der Waals surface area contributed by atoms with Gasteiger partial charge in [-0.15, -0.1) is 0 Å². The van der Waals surface area contributed by atoms with Gasteiger partial charge in [-0.3, -0.25) is 8.98 Å². The molecule has 1 aliphatic rings. The lowest BCUT2D eigenvalue weighted by Crippen LogP contribution is -2.40. The van der Waals surface area contributed by atoms with Crippen molar-refractivity contribution < 1.29 is 50.6 Å². The number of amides is 1. The fourth-order valence-electron chi connectivity index (χ4n) is 7.20. The first-order chi connectivity index (χ1) is 31.1. The molecule has 1 amide bonds. The molecule has 1 aliphatic heterocycles. The largest absolute Gasteiger partial charge is 0.491 e. The number of carbonyl (C=O) groups is 1. The van der Waals surface area contributed by atoms with E-state index in [0.717, 1.165) is 90.3 Å². The van der Waals surface area contributed by atoms with Crippen molar-refractivity contribution >= 4 is 21.7 Å². The van der Waals surface area contributed by atoms with E-state index in [2.05, 4.69) is 35.1 Å². The number of nitrogens with zero attached hydrogens (tertiary/aromatic N) is 2. The van der Waals surface area contributed by atoms with Gasteiger partial charge in [-0.25, -0.2) is 4.98 Å². The molecule has 3 aromatic carbocycles. The summed E-state index contributed by atoms with van der Waals surface area (Å²) in [7, 11) is -3.80. The molecule has 2 heterocycles. The zero-order valence-corrected chi connectivity index (χ0v) is 39.1. The lowest BCUT2D eigenvalue weighted by atomic mass is 9.95. The molecule has 5 rings (SSSR count). The highest BCUT2D eigenvalue weighted by atomic mass is 32.2. The number of carbonyl (C=O) groups excluding carboxylic acids is 1. The van der Waals surface area contributed by atoms with Gasteiger partial charge in [-0.05, 0) is 112 Å². The van der Waals surface area contributed by atoms with E-state index >= 15 is 0 Å². The molecule has 350 valence electrons. The van der Waals surface area contributed by atoms with Crippen LogP contribution in [0, 0.1) is 20.8 Å². The third kappa shape index (κ3) is 15.8. The summed E-state index contributed by atoms with van der Waals surface area (Å²) in [6, 6.07) is 20.9. The average molecular weight is 906 g/mol. The Balaban J connectivity index is 1.04. The molecule has 0 bridgehead atoms. The van der Waals surface area contributed by atoms with Crippen molar-refractivity contribution in [3.05, 3.63) is 101 Å². The molecule has 0 aliphatic carbocycles. The van der Waals surface area contributed by atoms with Crippen LogP contribution < -0.4 is 19.7 Å². The summed E-state index contributed by atoms with van der Waals surface area (Å²) in [6.45, 7) is 16.5. The summed E-state index contributed by atoms with van der Waals surface area (Å²) < 4.78 is 69.3. The second-order valence-electron chi connectivity index (χ2n) is 15.5. The molecule has 1 aromatic heterocycles. The van der Waals surface area contributed by atoms with Gasteiger partial charge in [0.05, 0.1) is 71.0 Å². The summed E-state index contributed by atoms with van der Waals surface area (Å²) in [5, 5.41) is 3.19. The van der Waals surface area contributed by atoms with Crippen molar-refractivity contribution in [2.75, 3.05) is 97.3 Å². The monoisotopic (exact) mass is 905 g/mol. The number of aromatic nitrogens is 1. The maximum absolute atomic E-state index is 14.1. The normalized spacial score (nSPS) is 13.2. The molecule has 15 heteroatoms. The molecule has 1 fully saturated rings. The SMILES string of the molecule is CCCCOc1nccc(C)c1CNC(=O)c1cc(-c2ccc(OCCOCCOCCOCCOCCOS(=O)(=O)c3ccc(C)cc3)cc2)cc(N(CC)C2CCOCC2)c1C. The van der Waals surface area contributed by atoms with E-state index < -0.39 is 10.1 Å². The molecule has 64 heavy (non-hydrogen) atoms. The smallest absolute Gasteiger partial charge is 0.297 e. The number of nitrogens with one attached hydrogen (secondary N) is 1. The van der Waals surface area contributed by atoms with E-state index in [-0.39, 0.29) is 24.0 Å². The molecule has 0 radical (unpaired) electrons. The standard InChI is InChI=1S/C49H67N3O11S/c1-6-8-21-62-49-46(38(4)17-20-50-49)36-51-48(53)45-34-41(35-47(39(45)5)52(7-2)42-18-22-56-23-19-42)40-11-13-43(14-12-40)61-32-30-59-28-26-57-24-25-58-27-29-60-31-33-63-64(54,55)44-15-9-37(3)10-16-44/h9-17,20,34-35,42H,6-8,18-19,21-33,36H2,1-5H3,(H,51,53). The molecule has 0 atom stereocenters. The van der Waals surface area contributed by atoms with E-state index in [0.29, 0.717) is 83.5 Å². The van der Waals surface area contributed by atoms with Crippen molar-refractivity contribution in [2.45, 2.75) is 77.8 Å². The van der Waals surface area contributed by atoms with Gasteiger partial charge < -0.3 is 43.4 Å². The van der Waals surface area contributed by atoms with Gasteiger partial charge in [-0.1, -0.05) is 43.2 Å². The zero-order valence-electron chi connectivity index (χ0n) is 38.2. The minimum absolute atomic E-state index is 0.0729. The fourth-order valence-corrected chi connectivity index (χ4v) is 8.09. The maximum atomic E-state index is 14.1. The number of pyridine rings is 1. The quantitative estimate of drug-likeness (QED) is 0.0420. The van der Waals surface area contributed by atoms with E-state index in [1.807, 2.05) is 57.2 Å². The van der Waals surface area contributed by atoms with Crippen LogP contribution in [-0.4, -0.2) is 118 Å². The van der Waals surface area contributed by atoms with Crippen LogP contribution in [0.15, 0.2) is 77.8 Å². The minimum atomic E-state index is -3.80. The van der Waals surface area contributed by atoms with Crippen LogP contribution in [-0.2, 0) is 44.5 Å². The number of unbranched alkanes of at least 4 members (excludes halogenated alkanes) is 1. The maximum Gasteiger partial charge on any atom is 0.297 e. The highest BCUT2D eigenvalue weighted by molar-refractivity contribution is 7.86. The highest BCUT2D eigenvalue weighted by Gasteiger charge is 2.25. The zero-order chi connectivity index (χ0) is 45.6. The topological polar surface area (TPSA) is 153 Å². The molecule has 0 unspecified atom stereocenters. The number of anilines is 1. The van der Waals surface area contributed by atoms with Crippen LogP contribution >= 0.6 is 0 Å². The molecule has 1 saturated heterocycles. The lowest BCUT2D eigenvalue weighted by Gasteiger charge is -2.37. The number of ether oxygens (including phenoxy) is 7. The number of benzene rings is 3. The van der Waals surface area contributed by atoms with Gasteiger partial charge in [0.2, 0.25) is 5.88 Å². The number of rotatable bonds is 29. The second kappa shape index (κ2) is 27.0. The molecule has 14 nitrogen and oxygen atoms in total. The van der Waals surface area contributed by atoms with Gasteiger partial charge in [0.15, 0.2) is 0 Å². The molecule has 4 aromatic rings. The van der Waals surface area contributed by atoms with Gasteiger partial charge in [0.25, 0.3) is 16.0 Å². The molecular formula is C49H67N3O11S. The minimum Gasteiger partial charge on any atom is -0.491 e. The molecule has 0 saturated carbocycles. The van der Waals surface area contributed by atoms with Crippen molar-refractivity contribution in [1.29, 1.82) is 0 Å². The van der Waals surface area contributed by atoms with Crippen molar-refractivity contribution in [1.82, 2.24) is 10.3 Å². The van der Waals surface area contributed by atoms with Crippen molar-refractivity contribution in [3.8, 4) is 22.8 Å². The molecular weight excluding hydrogens is 839 g/mol. The van der Waals surface area contributed by atoms with Crippen LogP contribution in [0.25, 0.3) is 11.1 Å². The predicted molar refractivity (Wildman–Crippen MR) is 247 cm³/mol. The van der Waals surface area contributed by atoms with Gasteiger partial charge in [0.1, 0.15) is 12.4 Å². The van der Waals surface area contributed by atoms with Gasteiger partial charge in [-0.2, -0.15) is 8.42 Å². The van der Waals surface area contributed by atoms with Crippen LogP contribution in [0.3, 0.4) is 0 Å². The third-order valence-electron chi connectivity index (χ3n) is 10.9. The fraction of sp³-hybridized carbons (Fsp3) is 0.510. The van der Waals surface area contributed by atoms with Gasteiger partial charge >= 0.3 is 0 Å². The highest BCUT2D eigenvalue weighted by Crippen LogP contribution is 2.35. The summed E-state index contributed by atoms with van der Waals surface area (Å²) in [6.07, 6.45) is 5.57. The van der Waals surface area contributed by atoms with E-state index in [1.54, 1.807) is 18.3 Å². The van der Waals surface area contributed by atoms with Crippen LogP contribution in [0.2, 0.25) is 0 Å². The average Bonchev–Trinajstić information content (AvgIpc) is 3.30. The van der Waals surface area contributed by atoms with Crippen molar-refractivity contribution in [2.24, 2.45) is 0 Å². The summed E-state index contributed by atoms with van der Waals surface area (Å²) >= 11 is 0. The Morgan fingerprint density at radius 2 is 1.38 bits per heavy atom. The number of aryl methyl sites for hydroxylation is 2. The van der Waals surface area contributed by atoms with Crippen LogP contribution in [0.1, 0.15) is 72.1 Å². The van der Waals surface area contributed by atoms with Crippen LogP contribution in [0.4, 0.5) is 5.69 Å². The second-order valence-corrected chi connectivity index (χ2v) is 17.1. The van der Waals surface area contributed by atoms with E-state index in [9.17, 15) is 13.2 Å². The number of hydrogen-bond acceptors (Lipinski definition) is 13. The number of hydrogen-bond donors (Lipinski definition) is 1. The summed E-state index contributed by atoms with van der Waals surface area (Å²) in [5.41, 5.74) is 7.40. The van der Waals surface area contributed by atoms with E-state index in [1.165, 1.54) is 12.1 Å². The Morgan fingerprint density at radius 1 is 0.750 bits per heavy atom. The van der Waals surface area contributed by atoms with Crippen LogP contribution in [0.5, 0.6) is 11.6 Å². The summed E-state index contributed by atoms with van der Waals surface area (Å²) in [5.74, 6) is 1.13. The Labute approximate surface area is 380 Å². The third-order valence-corrected chi connectivity index (χ3v) is 12.2. The first kappa shape index (κ1) is 50.4. The Hall–Kier alpha value is -4.61. The first-order valence-electron chi connectivity index (χ1n) is 22.5. The predicted octanol–water partition coefficient (Wildman–Crippen LogP) is 7.64. The van der Waals surface area contributed by atoms with Crippen molar-refractivity contribution in [3.63, 3.8) is 0 Å². The van der Waals surface area contributed by atoms with E-state index in [4.69, 9.17) is 37.3 Å². The Bertz CT molecular complexity index is 2110. The first-order valence-corrected chi connectivity index (χ1v) is 23.9. The Morgan fingerprint density at radius 3 is 2.00 bits per heavy atom. The molecule has 1 N–H and O–H groups in total. The molecule has 0 spiro atoms. The lowest BCUT2D eigenvalue weighted by molar-refractivity contribution is -0.00682. The Kier molecular flexibility index (Phi) is 21.3. The van der Waals surface area contributed by atoms with Gasteiger partial charge in [0, 0.05) is 55.4 Å².